The van der Waals surface area contributed by atoms with Crippen LogP contribution in [0.4, 0.5) is 0 Å². The summed E-state index contributed by atoms with van der Waals surface area (Å²) in [6.07, 6.45) is 51.8. The molecule has 1 unspecified atom stereocenters. The zero-order valence-corrected chi connectivity index (χ0v) is 39.5. The van der Waals surface area contributed by atoms with Gasteiger partial charge >= 0.3 is 19.8 Å². The molecule has 0 rings (SSSR count). The number of hydrogen-bond acceptors (Lipinski definition) is 9. The summed E-state index contributed by atoms with van der Waals surface area (Å²) in [6.45, 7) is 2.32. The van der Waals surface area contributed by atoms with Gasteiger partial charge in [-0.25, -0.2) is 4.57 Å². The first-order valence-corrected chi connectivity index (χ1v) is 25.7. The Balaban J connectivity index is 4.30. The van der Waals surface area contributed by atoms with Crippen LogP contribution in [0, 0.1) is 0 Å². The van der Waals surface area contributed by atoms with Crippen molar-refractivity contribution in [3.63, 3.8) is 0 Å². The fourth-order valence-corrected chi connectivity index (χ4v) is 7.17. The van der Waals surface area contributed by atoms with Crippen molar-refractivity contribution in [1.29, 1.82) is 0 Å². The summed E-state index contributed by atoms with van der Waals surface area (Å²) in [6, 6.07) is 0. The van der Waals surface area contributed by atoms with Gasteiger partial charge in [0.1, 0.15) is 12.7 Å². The molecule has 0 aliphatic rings. The number of allylic oxidation sites excluding steroid dienone is 10. The lowest BCUT2D eigenvalue weighted by atomic mass is 10.1. The van der Waals surface area contributed by atoms with Crippen LogP contribution in [0.5, 0.6) is 0 Å². The normalized spacial score (nSPS) is 14.2. The SMILES string of the molecule is CCCCC/C=C\C/C=C\C/C=C\C/C=C\CCCCCC(=O)O[C@H](COC(=O)CCCCCCCCC/C=C\CCCCCCCCCC)COP(=O)(O)OC[C@@H](O)CO. The molecule has 0 aromatic heterocycles. The van der Waals surface area contributed by atoms with E-state index in [2.05, 4.69) is 74.6 Å². The molecule has 354 valence electrons. The molecule has 0 saturated heterocycles. The van der Waals surface area contributed by atoms with Crippen LogP contribution in [0.3, 0.4) is 0 Å². The standard InChI is InChI=1S/C50H89O10P/c1-3-5-7-9-11-13-15-17-19-21-23-25-27-29-31-33-35-37-39-41-49(53)57-45-48(46-59-61(55,56)58-44-47(52)43-51)60-50(54)42-40-38-36-34-32-30-28-26-24-22-20-18-16-14-12-10-8-6-4-2/h12,14,18,20-21,23-24,26,30,32,47-48,51-52H,3-11,13,15-17,19,22,25,27-29,31,33-46H2,1-2H3,(H,55,56)/b14-12-,20-18-,23-21-,26-24-,32-30-/t47-,48+/m0/s1. The average Bonchev–Trinajstić information content (AvgIpc) is 3.25. The Bertz CT molecular complexity index is 1200. The number of carbonyl (C=O) groups excluding carboxylic acids is 2. The zero-order valence-electron chi connectivity index (χ0n) is 38.6. The molecule has 0 heterocycles. The Morgan fingerprint density at radius 2 is 0.852 bits per heavy atom. The first-order valence-electron chi connectivity index (χ1n) is 24.2. The molecule has 0 saturated carbocycles. The lowest BCUT2D eigenvalue weighted by molar-refractivity contribution is -0.161. The molecule has 3 N–H and O–H groups in total. The zero-order chi connectivity index (χ0) is 44.8. The fourth-order valence-electron chi connectivity index (χ4n) is 6.38. The van der Waals surface area contributed by atoms with Crippen molar-refractivity contribution in [3.05, 3.63) is 60.8 Å². The summed E-state index contributed by atoms with van der Waals surface area (Å²) in [7, 11) is -4.63. The van der Waals surface area contributed by atoms with Crippen LogP contribution in [-0.2, 0) is 32.7 Å². The lowest BCUT2D eigenvalue weighted by Crippen LogP contribution is -2.29. The van der Waals surface area contributed by atoms with E-state index in [0.717, 1.165) is 64.2 Å². The molecule has 0 amide bonds. The van der Waals surface area contributed by atoms with Crippen molar-refractivity contribution >= 4 is 19.8 Å². The lowest BCUT2D eigenvalue weighted by Gasteiger charge is -2.20. The van der Waals surface area contributed by atoms with E-state index in [9.17, 15) is 24.2 Å². The maximum absolute atomic E-state index is 12.6. The number of hydrogen-bond donors (Lipinski definition) is 3. The molecule has 11 heteroatoms. The summed E-state index contributed by atoms with van der Waals surface area (Å²) >= 11 is 0. The van der Waals surface area contributed by atoms with Crippen LogP contribution in [0.15, 0.2) is 60.8 Å². The van der Waals surface area contributed by atoms with Gasteiger partial charge in [0.2, 0.25) is 0 Å². The van der Waals surface area contributed by atoms with Gasteiger partial charge in [0, 0.05) is 12.8 Å². The number of unbranched alkanes of at least 4 members (excludes halogenated alkanes) is 21. The van der Waals surface area contributed by atoms with Crippen molar-refractivity contribution < 1.29 is 47.8 Å². The van der Waals surface area contributed by atoms with E-state index in [1.165, 1.54) is 103 Å². The molecule has 61 heavy (non-hydrogen) atoms. The first kappa shape index (κ1) is 58.7. The summed E-state index contributed by atoms with van der Waals surface area (Å²) in [5, 5.41) is 18.4. The van der Waals surface area contributed by atoms with E-state index in [1.54, 1.807) is 0 Å². The number of carbonyl (C=O) groups is 2. The maximum atomic E-state index is 12.6. The molecule has 0 fully saturated rings. The van der Waals surface area contributed by atoms with Crippen LogP contribution in [0.25, 0.3) is 0 Å². The van der Waals surface area contributed by atoms with E-state index in [0.29, 0.717) is 12.8 Å². The van der Waals surface area contributed by atoms with E-state index >= 15 is 0 Å². The fraction of sp³-hybridized carbons (Fsp3) is 0.760. The highest BCUT2D eigenvalue weighted by atomic mass is 31.2. The summed E-state index contributed by atoms with van der Waals surface area (Å²) < 4.78 is 32.8. The van der Waals surface area contributed by atoms with E-state index in [-0.39, 0.29) is 19.4 Å². The molecule has 0 aromatic rings. The van der Waals surface area contributed by atoms with Crippen LogP contribution < -0.4 is 0 Å². The molecule has 0 aromatic carbocycles. The molecule has 3 atom stereocenters. The molecular weight excluding hydrogens is 792 g/mol. The molecule has 0 bridgehead atoms. The predicted octanol–water partition coefficient (Wildman–Crippen LogP) is 13.5. The Morgan fingerprint density at radius 3 is 1.34 bits per heavy atom. The Hall–Kier alpha value is -2.33. The van der Waals surface area contributed by atoms with Gasteiger partial charge in [-0.2, -0.15) is 0 Å². The molecule has 0 spiro atoms. The molecule has 0 aliphatic carbocycles. The molecule has 10 nitrogen and oxygen atoms in total. The van der Waals surface area contributed by atoms with Crippen LogP contribution in [0.2, 0.25) is 0 Å². The van der Waals surface area contributed by atoms with Gasteiger partial charge in [-0.15, -0.1) is 0 Å². The average molecular weight is 881 g/mol. The first-order chi connectivity index (χ1) is 29.7. The highest BCUT2D eigenvalue weighted by molar-refractivity contribution is 7.47. The topological polar surface area (TPSA) is 149 Å². The maximum Gasteiger partial charge on any atom is 0.472 e. The number of esters is 2. The minimum Gasteiger partial charge on any atom is -0.462 e. The highest BCUT2D eigenvalue weighted by Crippen LogP contribution is 2.43. The van der Waals surface area contributed by atoms with Crippen LogP contribution >= 0.6 is 7.82 Å². The Kier molecular flexibility index (Phi) is 43.9. The second-order valence-corrected chi connectivity index (χ2v) is 17.6. The van der Waals surface area contributed by atoms with Gasteiger partial charge in [0.25, 0.3) is 0 Å². The Labute approximate surface area is 372 Å². The van der Waals surface area contributed by atoms with Crippen molar-refractivity contribution in [2.75, 3.05) is 26.4 Å². The van der Waals surface area contributed by atoms with Gasteiger partial charge in [-0.05, 0) is 83.5 Å². The van der Waals surface area contributed by atoms with Gasteiger partial charge in [-0.3, -0.25) is 18.6 Å². The largest absolute Gasteiger partial charge is 0.472 e. The Morgan fingerprint density at radius 1 is 0.492 bits per heavy atom. The number of ether oxygens (including phenoxy) is 2. The van der Waals surface area contributed by atoms with Crippen molar-refractivity contribution in [3.8, 4) is 0 Å². The van der Waals surface area contributed by atoms with Crippen LogP contribution in [-0.4, -0.2) is 65.7 Å². The number of aliphatic hydroxyl groups excluding tert-OH is 2. The van der Waals surface area contributed by atoms with Gasteiger partial charge in [-0.1, -0.05) is 171 Å². The van der Waals surface area contributed by atoms with Gasteiger partial charge in [0.15, 0.2) is 6.10 Å². The number of rotatable bonds is 45. The predicted molar refractivity (Wildman–Crippen MR) is 251 cm³/mol. The van der Waals surface area contributed by atoms with Crippen molar-refractivity contribution in [1.82, 2.24) is 0 Å². The van der Waals surface area contributed by atoms with Gasteiger partial charge in [0.05, 0.1) is 19.8 Å². The van der Waals surface area contributed by atoms with Crippen LogP contribution in [0.1, 0.15) is 206 Å². The molecular formula is C50H89O10P. The summed E-state index contributed by atoms with van der Waals surface area (Å²) in [5.74, 6) is -0.965. The summed E-state index contributed by atoms with van der Waals surface area (Å²) in [4.78, 5) is 35.1. The van der Waals surface area contributed by atoms with Gasteiger partial charge < -0.3 is 24.6 Å². The van der Waals surface area contributed by atoms with E-state index in [1.807, 2.05) is 0 Å². The third-order valence-electron chi connectivity index (χ3n) is 10.1. The highest BCUT2D eigenvalue weighted by Gasteiger charge is 2.27. The number of phosphoric acid groups is 1. The number of phosphoric ester groups is 1. The van der Waals surface area contributed by atoms with Crippen molar-refractivity contribution in [2.24, 2.45) is 0 Å². The van der Waals surface area contributed by atoms with Crippen molar-refractivity contribution in [2.45, 2.75) is 219 Å². The second kappa shape index (κ2) is 45.7. The quantitative estimate of drug-likeness (QED) is 0.0233. The monoisotopic (exact) mass is 881 g/mol. The third kappa shape index (κ3) is 45.5. The molecule has 0 aliphatic heterocycles. The molecule has 0 radical (unpaired) electrons. The smallest absolute Gasteiger partial charge is 0.462 e. The van der Waals surface area contributed by atoms with E-state index < -0.39 is 51.8 Å². The summed E-state index contributed by atoms with van der Waals surface area (Å²) in [5.41, 5.74) is 0. The second-order valence-electron chi connectivity index (χ2n) is 16.1. The third-order valence-corrected chi connectivity index (χ3v) is 11.1. The minimum atomic E-state index is -4.63. The van der Waals surface area contributed by atoms with E-state index in [4.69, 9.17) is 23.6 Å². The minimum absolute atomic E-state index is 0.144. The number of aliphatic hydroxyl groups is 2.